The van der Waals surface area contributed by atoms with Gasteiger partial charge in [0.15, 0.2) is 0 Å². The van der Waals surface area contributed by atoms with Crippen LogP contribution in [0, 0.1) is 5.92 Å². The smallest absolute Gasteiger partial charge is 0.323 e. The van der Waals surface area contributed by atoms with E-state index in [-0.39, 0.29) is 12.1 Å². The van der Waals surface area contributed by atoms with Gasteiger partial charge in [-0.2, -0.15) is 0 Å². The number of nitrogens with two attached hydrogens (primary N) is 1. The zero-order valence-corrected chi connectivity index (χ0v) is 10.6. The van der Waals surface area contributed by atoms with Gasteiger partial charge in [-0.3, -0.25) is 4.79 Å². The fourth-order valence-electron chi connectivity index (χ4n) is 2.24. The summed E-state index contributed by atoms with van der Waals surface area (Å²) >= 11 is 0. The molecule has 0 aromatic rings. The third-order valence-corrected chi connectivity index (χ3v) is 3.47. The van der Waals surface area contributed by atoms with Gasteiger partial charge >= 0.3 is 5.97 Å². The van der Waals surface area contributed by atoms with Crippen LogP contribution in [0.25, 0.3) is 0 Å². The van der Waals surface area contributed by atoms with Crippen molar-refractivity contribution >= 4 is 5.97 Å². The lowest BCUT2D eigenvalue weighted by Gasteiger charge is -2.29. The van der Waals surface area contributed by atoms with E-state index in [0.29, 0.717) is 5.92 Å². The van der Waals surface area contributed by atoms with E-state index >= 15 is 0 Å². The van der Waals surface area contributed by atoms with E-state index in [2.05, 4.69) is 13.8 Å². The average Bonchev–Trinajstić information content (AvgIpc) is 2.28. The minimum Gasteiger partial charge on any atom is -0.461 e. The Bertz CT molecular complexity index is 218. The van der Waals surface area contributed by atoms with Crippen LogP contribution >= 0.6 is 0 Å². The van der Waals surface area contributed by atoms with Gasteiger partial charge in [0.05, 0.1) is 0 Å². The molecule has 0 amide bonds. The second kappa shape index (κ2) is 6.89. The van der Waals surface area contributed by atoms with Crippen molar-refractivity contribution in [3.8, 4) is 0 Å². The Balaban J connectivity index is 2.31. The highest BCUT2D eigenvalue weighted by atomic mass is 16.5. The van der Waals surface area contributed by atoms with Crippen LogP contribution in [0.5, 0.6) is 0 Å². The second-order valence-corrected chi connectivity index (χ2v) is 4.99. The molecule has 94 valence electrons. The highest BCUT2D eigenvalue weighted by Gasteiger charge is 2.26. The summed E-state index contributed by atoms with van der Waals surface area (Å²) in [5.41, 5.74) is 5.79. The van der Waals surface area contributed by atoms with Crippen LogP contribution < -0.4 is 5.73 Å². The van der Waals surface area contributed by atoms with Crippen molar-refractivity contribution < 1.29 is 9.53 Å². The zero-order valence-electron chi connectivity index (χ0n) is 10.6. The molecule has 3 atom stereocenters. The van der Waals surface area contributed by atoms with Crippen LogP contribution in [0.2, 0.25) is 0 Å². The highest BCUT2D eigenvalue weighted by molar-refractivity contribution is 5.75. The van der Waals surface area contributed by atoms with Gasteiger partial charge in [0.2, 0.25) is 0 Å². The molecule has 1 saturated carbocycles. The molecule has 0 aromatic carbocycles. The lowest BCUT2D eigenvalue weighted by molar-refractivity contribution is -0.155. The van der Waals surface area contributed by atoms with Crippen molar-refractivity contribution in [2.75, 3.05) is 0 Å². The molecule has 1 aliphatic rings. The van der Waals surface area contributed by atoms with Gasteiger partial charge < -0.3 is 10.5 Å². The molecule has 1 fully saturated rings. The van der Waals surface area contributed by atoms with Gasteiger partial charge in [0.25, 0.3) is 0 Å². The monoisotopic (exact) mass is 227 g/mol. The molecule has 1 rings (SSSR count). The predicted octanol–water partition coefficient (Wildman–Crippen LogP) is 2.63. The van der Waals surface area contributed by atoms with Crippen molar-refractivity contribution in [1.29, 1.82) is 0 Å². The Morgan fingerprint density at radius 3 is 2.75 bits per heavy atom. The van der Waals surface area contributed by atoms with Gasteiger partial charge in [0.1, 0.15) is 12.1 Å². The number of hydrogen-bond donors (Lipinski definition) is 1. The summed E-state index contributed by atoms with van der Waals surface area (Å²) in [6, 6.07) is -0.422. The van der Waals surface area contributed by atoms with Crippen LogP contribution in [0.4, 0.5) is 0 Å². The number of rotatable bonds is 5. The lowest BCUT2D eigenvalue weighted by atomic mass is 9.88. The summed E-state index contributed by atoms with van der Waals surface area (Å²) in [6.07, 6.45) is 7.53. The fraction of sp³-hybridized carbons (Fsp3) is 0.923. The maximum absolute atomic E-state index is 11.7. The van der Waals surface area contributed by atoms with E-state index in [0.717, 1.165) is 25.7 Å². The average molecular weight is 227 g/mol. The van der Waals surface area contributed by atoms with E-state index in [1.807, 2.05) is 0 Å². The Kier molecular flexibility index (Phi) is 5.81. The third-order valence-electron chi connectivity index (χ3n) is 3.47. The van der Waals surface area contributed by atoms with E-state index < -0.39 is 6.04 Å². The molecule has 0 heterocycles. The summed E-state index contributed by atoms with van der Waals surface area (Å²) < 4.78 is 5.50. The summed E-state index contributed by atoms with van der Waals surface area (Å²) in [6.45, 7) is 4.26. The number of esters is 1. The first-order valence-electron chi connectivity index (χ1n) is 6.61. The Hall–Kier alpha value is -0.570. The Morgan fingerprint density at radius 1 is 1.44 bits per heavy atom. The molecule has 3 unspecified atom stereocenters. The molecule has 0 bridgehead atoms. The Labute approximate surface area is 98.7 Å². The first kappa shape index (κ1) is 13.5. The molecule has 0 aromatic heterocycles. The zero-order chi connectivity index (χ0) is 12.0. The normalized spacial score (nSPS) is 27.4. The molecule has 2 N–H and O–H groups in total. The second-order valence-electron chi connectivity index (χ2n) is 4.99. The largest absolute Gasteiger partial charge is 0.461 e. The van der Waals surface area contributed by atoms with Crippen LogP contribution in [-0.2, 0) is 9.53 Å². The van der Waals surface area contributed by atoms with E-state index in [4.69, 9.17) is 10.5 Å². The van der Waals surface area contributed by atoms with Gasteiger partial charge in [0, 0.05) is 0 Å². The number of carbonyl (C=O) groups is 1. The van der Waals surface area contributed by atoms with Crippen molar-refractivity contribution in [2.45, 2.75) is 70.9 Å². The number of unbranched alkanes of at least 4 members (excludes halogenated alkanes) is 1. The molecule has 0 aliphatic heterocycles. The van der Waals surface area contributed by atoms with Crippen LogP contribution in [0.3, 0.4) is 0 Å². The summed E-state index contributed by atoms with van der Waals surface area (Å²) in [7, 11) is 0. The van der Waals surface area contributed by atoms with Gasteiger partial charge in [-0.25, -0.2) is 0 Å². The minimum absolute atomic E-state index is 0.105. The van der Waals surface area contributed by atoms with Crippen molar-refractivity contribution in [1.82, 2.24) is 0 Å². The highest BCUT2D eigenvalue weighted by Crippen LogP contribution is 2.26. The van der Waals surface area contributed by atoms with Gasteiger partial charge in [-0.05, 0) is 31.6 Å². The van der Waals surface area contributed by atoms with E-state index in [1.54, 1.807) is 0 Å². The van der Waals surface area contributed by atoms with E-state index in [9.17, 15) is 4.79 Å². The van der Waals surface area contributed by atoms with Gasteiger partial charge in [-0.1, -0.05) is 33.1 Å². The maximum atomic E-state index is 11.7. The predicted molar refractivity (Wildman–Crippen MR) is 65.0 cm³/mol. The molecular weight excluding hydrogens is 202 g/mol. The molecule has 1 aliphatic carbocycles. The minimum atomic E-state index is -0.422. The van der Waals surface area contributed by atoms with Crippen LogP contribution in [-0.4, -0.2) is 18.1 Å². The Morgan fingerprint density at radius 2 is 2.12 bits per heavy atom. The molecule has 16 heavy (non-hydrogen) atoms. The number of carbonyl (C=O) groups excluding carboxylic acids is 1. The van der Waals surface area contributed by atoms with Crippen molar-refractivity contribution in [3.05, 3.63) is 0 Å². The van der Waals surface area contributed by atoms with Crippen molar-refractivity contribution in [2.24, 2.45) is 11.7 Å². The number of ether oxygens (including phenoxy) is 1. The maximum Gasteiger partial charge on any atom is 0.323 e. The summed E-state index contributed by atoms with van der Waals surface area (Å²) in [5.74, 6) is 0.295. The lowest BCUT2D eigenvalue weighted by Crippen LogP contribution is -2.37. The molecular formula is C13H25NO2. The third kappa shape index (κ3) is 4.12. The van der Waals surface area contributed by atoms with Crippen LogP contribution in [0.15, 0.2) is 0 Å². The molecule has 3 heteroatoms. The molecule has 0 spiro atoms. The van der Waals surface area contributed by atoms with Crippen molar-refractivity contribution in [3.63, 3.8) is 0 Å². The topological polar surface area (TPSA) is 52.3 Å². The standard InChI is InChI=1S/C13H25NO2/c1-3-4-8-11(14)13(15)16-12-9-6-5-7-10(12)2/h10-12H,3-9,14H2,1-2H3. The molecule has 0 radical (unpaired) electrons. The summed E-state index contributed by atoms with van der Waals surface area (Å²) in [4.78, 5) is 11.7. The quantitative estimate of drug-likeness (QED) is 0.735. The summed E-state index contributed by atoms with van der Waals surface area (Å²) in [5, 5.41) is 0. The molecule has 0 saturated heterocycles. The first-order chi connectivity index (χ1) is 7.65. The first-order valence-corrected chi connectivity index (χ1v) is 6.61. The van der Waals surface area contributed by atoms with E-state index in [1.165, 1.54) is 19.3 Å². The van der Waals surface area contributed by atoms with Gasteiger partial charge in [-0.15, -0.1) is 0 Å². The molecule has 3 nitrogen and oxygen atoms in total. The fourth-order valence-corrected chi connectivity index (χ4v) is 2.24. The van der Waals surface area contributed by atoms with Crippen LogP contribution in [0.1, 0.15) is 58.8 Å². The number of hydrogen-bond acceptors (Lipinski definition) is 3. The SMILES string of the molecule is CCCCC(N)C(=O)OC1CCCCC1C.